The summed E-state index contributed by atoms with van der Waals surface area (Å²) < 4.78 is 5.87. The SMILES string of the molecule is CC(=O)c1cc(Br)ccc1OC(=O)C=Cc1ccc([N+](=O)[O-])cc1. The zero-order chi connectivity index (χ0) is 17.7. The van der Waals surface area contributed by atoms with Gasteiger partial charge in [0, 0.05) is 22.7 Å². The lowest BCUT2D eigenvalue weighted by Crippen LogP contribution is -2.07. The van der Waals surface area contributed by atoms with Crippen LogP contribution < -0.4 is 4.74 Å². The summed E-state index contributed by atoms with van der Waals surface area (Å²) in [4.78, 5) is 33.5. The molecule has 24 heavy (non-hydrogen) atoms. The van der Waals surface area contributed by atoms with Crippen LogP contribution in [-0.2, 0) is 4.79 Å². The van der Waals surface area contributed by atoms with Crippen LogP contribution in [0.3, 0.4) is 0 Å². The molecule has 0 bridgehead atoms. The Labute approximate surface area is 146 Å². The first-order valence-corrected chi connectivity index (χ1v) is 7.61. The number of Topliss-reactive ketones (excluding diaryl/α,β-unsaturated/α-hetero) is 1. The molecule has 0 N–H and O–H groups in total. The molecule has 0 unspecified atom stereocenters. The molecule has 0 aliphatic heterocycles. The molecule has 0 fully saturated rings. The van der Waals surface area contributed by atoms with E-state index in [9.17, 15) is 19.7 Å². The molecule has 0 radical (unpaired) electrons. The van der Waals surface area contributed by atoms with Crippen LogP contribution in [-0.4, -0.2) is 16.7 Å². The minimum absolute atomic E-state index is 0.0318. The summed E-state index contributed by atoms with van der Waals surface area (Å²) in [7, 11) is 0. The quantitative estimate of drug-likeness (QED) is 0.191. The highest BCUT2D eigenvalue weighted by Crippen LogP contribution is 2.24. The Hall–Kier alpha value is -2.80. The lowest BCUT2D eigenvalue weighted by molar-refractivity contribution is -0.384. The van der Waals surface area contributed by atoms with Crippen molar-refractivity contribution in [2.24, 2.45) is 0 Å². The number of benzene rings is 2. The lowest BCUT2D eigenvalue weighted by atomic mass is 10.1. The number of non-ortho nitro benzene ring substituents is 1. The maximum atomic E-state index is 11.9. The number of nitro benzene ring substituents is 1. The molecule has 0 aromatic heterocycles. The summed E-state index contributed by atoms with van der Waals surface area (Å²) in [5.74, 6) is -0.708. The molecule has 0 atom stereocenters. The van der Waals surface area contributed by atoms with E-state index in [1.807, 2.05) is 0 Å². The van der Waals surface area contributed by atoms with Crippen LogP contribution in [0.15, 0.2) is 53.0 Å². The summed E-state index contributed by atoms with van der Waals surface area (Å²) in [6.45, 7) is 1.38. The van der Waals surface area contributed by atoms with Gasteiger partial charge in [0.25, 0.3) is 5.69 Å². The van der Waals surface area contributed by atoms with E-state index in [1.54, 1.807) is 12.1 Å². The number of hydrogen-bond donors (Lipinski definition) is 0. The number of ketones is 1. The molecule has 122 valence electrons. The first kappa shape index (κ1) is 17.6. The third-order valence-corrected chi connectivity index (χ3v) is 3.54. The zero-order valence-corrected chi connectivity index (χ0v) is 14.1. The Morgan fingerprint density at radius 3 is 2.42 bits per heavy atom. The molecule has 0 heterocycles. The molecule has 0 aliphatic carbocycles. The van der Waals surface area contributed by atoms with Gasteiger partial charge < -0.3 is 4.74 Å². The number of halogens is 1. The Morgan fingerprint density at radius 1 is 1.17 bits per heavy atom. The number of ether oxygens (including phenoxy) is 1. The van der Waals surface area contributed by atoms with Crippen molar-refractivity contribution in [2.75, 3.05) is 0 Å². The van der Waals surface area contributed by atoms with E-state index in [0.717, 1.165) is 0 Å². The van der Waals surface area contributed by atoms with Gasteiger partial charge in [0.2, 0.25) is 0 Å². The van der Waals surface area contributed by atoms with Gasteiger partial charge in [-0.3, -0.25) is 14.9 Å². The lowest BCUT2D eigenvalue weighted by Gasteiger charge is -2.06. The number of carbonyl (C=O) groups excluding carboxylic acids is 2. The van der Waals surface area contributed by atoms with Gasteiger partial charge in [-0.05, 0) is 48.9 Å². The second-order valence-corrected chi connectivity index (χ2v) is 5.72. The van der Waals surface area contributed by atoms with Gasteiger partial charge in [-0.15, -0.1) is 0 Å². The van der Waals surface area contributed by atoms with Gasteiger partial charge in [-0.2, -0.15) is 0 Å². The van der Waals surface area contributed by atoms with Crippen LogP contribution in [0.2, 0.25) is 0 Å². The van der Waals surface area contributed by atoms with Crippen LogP contribution in [0.1, 0.15) is 22.8 Å². The van der Waals surface area contributed by atoms with Crippen LogP contribution in [0.25, 0.3) is 6.08 Å². The van der Waals surface area contributed by atoms with Crippen molar-refractivity contribution >= 4 is 39.4 Å². The highest BCUT2D eigenvalue weighted by atomic mass is 79.9. The van der Waals surface area contributed by atoms with Gasteiger partial charge in [-0.25, -0.2) is 4.79 Å². The topological polar surface area (TPSA) is 86.5 Å². The fraction of sp³-hybridized carbons (Fsp3) is 0.0588. The van der Waals surface area contributed by atoms with Crippen molar-refractivity contribution in [3.63, 3.8) is 0 Å². The molecule has 0 saturated heterocycles. The average Bonchev–Trinajstić information content (AvgIpc) is 2.54. The maximum absolute atomic E-state index is 11.9. The highest BCUT2D eigenvalue weighted by Gasteiger charge is 2.11. The van der Waals surface area contributed by atoms with Gasteiger partial charge >= 0.3 is 5.97 Å². The Kier molecular flexibility index (Phi) is 5.59. The van der Waals surface area contributed by atoms with Crippen molar-refractivity contribution in [2.45, 2.75) is 6.92 Å². The van der Waals surface area contributed by atoms with E-state index in [2.05, 4.69) is 15.9 Å². The van der Waals surface area contributed by atoms with Crippen molar-refractivity contribution in [1.82, 2.24) is 0 Å². The van der Waals surface area contributed by atoms with Crippen molar-refractivity contribution in [3.8, 4) is 5.75 Å². The maximum Gasteiger partial charge on any atom is 0.336 e. The number of carbonyl (C=O) groups is 2. The molecule has 2 aromatic rings. The van der Waals surface area contributed by atoms with Crippen LogP contribution in [0, 0.1) is 10.1 Å². The summed E-state index contributed by atoms with van der Waals surface area (Å²) in [6.07, 6.45) is 2.66. The minimum Gasteiger partial charge on any atom is -0.423 e. The molecule has 6 nitrogen and oxygen atoms in total. The molecular formula is C17H12BrNO5. The molecule has 2 rings (SSSR count). The Bertz CT molecular complexity index is 827. The van der Waals surface area contributed by atoms with Gasteiger partial charge in [-0.1, -0.05) is 15.9 Å². The molecule has 0 aliphatic rings. The first-order chi connectivity index (χ1) is 11.4. The second-order valence-electron chi connectivity index (χ2n) is 4.80. The highest BCUT2D eigenvalue weighted by molar-refractivity contribution is 9.10. The number of nitro groups is 1. The van der Waals surface area contributed by atoms with Crippen molar-refractivity contribution in [1.29, 1.82) is 0 Å². The normalized spacial score (nSPS) is 10.6. The van der Waals surface area contributed by atoms with E-state index in [4.69, 9.17) is 4.74 Å². The standard InChI is InChI=1S/C17H12BrNO5/c1-11(20)15-10-13(18)5-8-16(15)24-17(21)9-4-12-2-6-14(7-3-12)19(22)23/h2-10H,1H3. The van der Waals surface area contributed by atoms with Gasteiger partial charge in [0.15, 0.2) is 5.78 Å². The zero-order valence-electron chi connectivity index (χ0n) is 12.6. The summed E-state index contributed by atoms with van der Waals surface area (Å²) >= 11 is 3.25. The largest absolute Gasteiger partial charge is 0.423 e. The molecular weight excluding hydrogens is 378 g/mol. The number of hydrogen-bond acceptors (Lipinski definition) is 5. The first-order valence-electron chi connectivity index (χ1n) is 6.81. The summed E-state index contributed by atoms with van der Waals surface area (Å²) in [5, 5.41) is 10.6. The molecule has 7 heteroatoms. The van der Waals surface area contributed by atoms with Crippen molar-refractivity contribution in [3.05, 3.63) is 74.3 Å². The predicted molar refractivity (Wildman–Crippen MR) is 91.9 cm³/mol. The van der Waals surface area contributed by atoms with Gasteiger partial charge in [0.05, 0.1) is 10.5 Å². The number of nitrogens with zero attached hydrogens (tertiary/aromatic N) is 1. The number of esters is 1. The Morgan fingerprint density at radius 2 is 1.83 bits per heavy atom. The monoisotopic (exact) mass is 389 g/mol. The van der Waals surface area contributed by atoms with Crippen LogP contribution in [0.5, 0.6) is 5.75 Å². The third kappa shape index (κ3) is 4.60. The Balaban J connectivity index is 2.10. The van der Waals surface area contributed by atoms with Crippen LogP contribution >= 0.6 is 15.9 Å². The van der Waals surface area contributed by atoms with Gasteiger partial charge in [0.1, 0.15) is 5.75 Å². The van der Waals surface area contributed by atoms with E-state index in [1.165, 1.54) is 49.4 Å². The van der Waals surface area contributed by atoms with Crippen LogP contribution in [0.4, 0.5) is 5.69 Å². The molecule has 2 aromatic carbocycles. The minimum atomic E-state index is -0.654. The molecule has 0 saturated carbocycles. The number of rotatable bonds is 5. The molecule has 0 spiro atoms. The fourth-order valence-electron chi connectivity index (χ4n) is 1.88. The summed E-state index contributed by atoms with van der Waals surface area (Å²) in [5.41, 5.74) is 0.872. The second kappa shape index (κ2) is 7.65. The van der Waals surface area contributed by atoms with E-state index >= 15 is 0 Å². The van der Waals surface area contributed by atoms with E-state index in [-0.39, 0.29) is 17.2 Å². The molecule has 0 amide bonds. The predicted octanol–water partition coefficient (Wildman–Crippen LogP) is 4.18. The average molecular weight is 390 g/mol. The third-order valence-electron chi connectivity index (χ3n) is 3.05. The smallest absolute Gasteiger partial charge is 0.336 e. The van der Waals surface area contributed by atoms with Crippen molar-refractivity contribution < 1.29 is 19.2 Å². The van der Waals surface area contributed by atoms with E-state index in [0.29, 0.717) is 15.6 Å². The van der Waals surface area contributed by atoms with E-state index < -0.39 is 10.9 Å². The summed E-state index contributed by atoms with van der Waals surface area (Å²) in [6, 6.07) is 10.5. The fourth-order valence-corrected chi connectivity index (χ4v) is 2.24.